The minimum atomic E-state index is 0.850. The van der Waals surface area contributed by atoms with Crippen LogP contribution in [0.5, 0.6) is 0 Å². The van der Waals surface area contributed by atoms with E-state index >= 15 is 0 Å². The van der Waals surface area contributed by atoms with Crippen molar-refractivity contribution in [2.45, 2.75) is 0 Å². The summed E-state index contributed by atoms with van der Waals surface area (Å²) >= 11 is 0. The Bertz CT molecular complexity index is 982. The second kappa shape index (κ2) is 6.47. The molecule has 114 valence electrons. The molecule has 0 aromatic heterocycles. The van der Waals surface area contributed by atoms with E-state index < -0.39 is 0 Å². The van der Waals surface area contributed by atoms with Crippen LogP contribution in [0, 0.1) is 0 Å². The normalized spacial score (nSPS) is 11.2. The Balaban J connectivity index is 1.65. The second-order valence-corrected chi connectivity index (χ2v) is 5.61. The van der Waals surface area contributed by atoms with Crippen LogP contribution < -0.4 is 0 Å². The van der Waals surface area contributed by atoms with Crippen molar-refractivity contribution < 1.29 is 0 Å². The first kappa shape index (κ1) is 14.3. The van der Waals surface area contributed by atoms with E-state index in [-0.39, 0.29) is 0 Å². The van der Waals surface area contributed by atoms with Crippen LogP contribution in [-0.4, -0.2) is 0 Å². The fourth-order valence-electron chi connectivity index (χ4n) is 2.79. The Morgan fingerprint density at radius 3 is 1.88 bits per heavy atom. The Morgan fingerprint density at radius 2 is 1.08 bits per heavy atom. The number of hydrogen-bond acceptors (Lipinski definition) is 2. The van der Waals surface area contributed by atoms with Crippen molar-refractivity contribution in [1.82, 2.24) is 0 Å². The van der Waals surface area contributed by atoms with E-state index in [1.807, 2.05) is 42.5 Å². The topological polar surface area (TPSA) is 24.7 Å². The van der Waals surface area contributed by atoms with Crippen LogP contribution in [0.15, 0.2) is 107 Å². The molecule has 0 radical (unpaired) electrons. The zero-order valence-electron chi connectivity index (χ0n) is 13.1. The van der Waals surface area contributed by atoms with Gasteiger partial charge in [-0.1, -0.05) is 72.8 Å². The Labute approximate surface area is 141 Å². The quantitative estimate of drug-likeness (QED) is 0.367. The van der Waals surface area contributed by atoms with Crippen molar-refractivity contribution in [3.8, 4) is 11.1 Å². The molecule has 4 aromatic carbocycles. The van der Waals surface area contributed by atoms with E-state index in [9.17, 15) is 0 Å². The van der Waals surface area contributed by atoms with Gasteiger partial charge < -0.3 is 0 Å². The van der Waals surface area contributed by atoms with Gasteiger partial charge in [-0.15, -0.1) is 0 Å². The van der Waals surface area contributed by atoms with Crippen LogP contribution in [-0.2, 0) is 0 Å². The van der Waals surface area contributed by atoms with E-state index in [1.165, 1.54) is 21.9 Å². The summed E-state index contributed by atoms with van der Waals surface area (Å²) < 4.78 is 0. The van der Waals surface area contributed by atoms with Gasteiger partial charge in [-0.3, -0.25) is 0 Å². The van der Waals surface area contributed by atoms with E-state index in [0.29, 0.717) is 0 Å². The highest BCUT2D eigenvalue weighted by Crippen LogP contribution is 2.30. The van der Waals surface area contributed by atoms with Crippen molar-refractivity contribution in [2.24, 2.45) is 10.2 Å². The molecule has 0 amide bonds. The Kier molecular flexibility index (Phi) is 3.86. The predicted octanol–water partition coefficient (Wildman–Crippen LogP) is 6.92. The molecule has 0 aliphatic rings. The number of nitrogens with zero attached hydrogens (tertiary/aromatic N) is 2. The summed E-state index contributed by atoms with van der Waals surface area (Å²) in [4.78, 5) is 0. The van der Waals surface area contributed by atoms with Crippen LogP contribution >= 0.6 is 0 Å². The average Bonchev–Trinajstić information content (AvgIpc) is 2.67. The minimum Gasteiger partial charge on any atom is -0.151 e. The Morgan fingerprint density at radius 1 is 0.458 bits per heavy atom. The van der Waals surface area contributed by atoms with E-state index in [4.69, 9.17) is 0 Å². The lowest BCUT2D eigenvalue weighted by molar-refractivity contribution is 1.23. The number of azo groups is 1. The third-order valence-electron chi connectivity index (χ3n) is 4.01. The van der Waals surface area contributed by atoms with E-state index in [2.05, 4.69) is 64.8 Å². The predicted molar refractivity (Wildman–Crippen MR) is 100 cm³/mol. The molecule has 4 aromatic rings. The van der Waals surface area contributed by atoms with Gasteiger partial charge in [0, 0.05) is 0 Å². The molecule has 24 heavy (non-hydrogen) atoms. The van der Waals surface area contributed by atoms with Gasteiger partial charge in [-0.2, -0.15) is 10.2 Å². The molecule has 0 aliphatic heterocycles. The van der Waals surface area contributed by atoms with Crippen LogP contribution in [0.25, 0.3) is 21.9 Å². The highest BCUT2D eigenvalue weighted by Gasteiger charge is 2.03. The minimum absolute atomic E-state index is 0.850. The number of hydrogen-bond donors (Lipinski definition) is 0. The Hall–Kier alpha value is -3.26. The molecule has 0 atom stereocenters. The lowest BCUT2D eigenvalue weighted by Gasteiger charge is -2.07. The molecule has 2 heteroatoms. The molecule has 0 saturated carbocycles. The van der Waals surface area contributed by atoms with Crippen molar-refractivity contribution >= 4 is 22.1 Å². The third-order valence-corrected chi connectivity index (χ3v) is 4.01. The summed E-state index contributed by atoms with van der Waals surface area (Å²) in [5.41, 5.74) is 4.13. The molecule has 0 N–H and O–H groups in total. The van der Waals surface area contributed by atoms with E-state index in [1.54, 1.807) is 0 Å². The van der Waals surface area contributed by atoms with Gasteiger partial charge in [0.25, 0.3) is 0 Å². The van der Waals surface area contributed by atoms with Crippen molar-refractivity contribution in [1.29, 1.82) is 0 Å². The maximum absolute atomic E-state index is 4.30. The number of fused-ring (bicyclic) bond motifs is 1. The lowest BCUT2D eigenvalue weighted by atomic mass is 9.98. The molecule has 0 heterocycles. The standard InChI is InChI=1S/C22H16N2/c1-2-9-19(10-3-1)23-24-20-15-13-18(14-16-20)22-12-6-8-17-7-4-5-11-21(17)22/h1-16H/b24-23+. The molecular formula is C22H16N2. The monoisotopic (exact) mass is 308 g/mol. The molecule has 4 rings (SSSR count). The summed E-state index contributed by atoms with van der Waals surface area (Å²) in [5, 5.41) is 11.1. The number of rotatable bonds is 3. The first-order valence-electron chi connectivity index (χ1n) is 7.95. The summed E-state index contributed by atoms with van der Waals surface area (Å²) in [6.07, 6.45) is 0. The first-order chi connectivity index (χ1) is 11.9. The maximum Gasteiger partial charge on any atom is 0.0857 e. The van der Waals surface area contributed by atoms with Gasteiger partial charge in [0.05, 0.1) is 11.4 Å². The number of benzene rings is 4. The summed E-state index contributed by atoms with van der Waals surface area (Å²) in [5.74, 6) is 0. The van der Waals surface area contributed by atoms with Gasteiger partial charge in [-0.05, 0) is 46.2 Å². The highest BCUT2D eigenvalue weighted by atomic mass is 15.1. The van der Waals surface area contributed by atoms with Crippen LogP contribution in [0.4, 0.5) is 11.4 Å². The molecule has 0 spiro atoms. The first-order valence-corrected chi connectivity index (χ1v) is 7.95. The average molecular weight is 308 g/mol. The van der Waals surface area contributed by atoms with Crippen molar-refractivity contribution in [3.63, 3.8) is 0 Å². The van der Waals surface area contributed by atoms with Crippen LogP contribution in [0.3, 0.4) is 0 Å². The largest absolute Gasteiger partial charge is 0.151 e. The summed E-state index contributed by atoms with van der Waals surface area (Å²) in [6.45, 7) is 0. The van der Waals surface area contributed by atoms with E-state index in [0.717, 1.165) is 11.4 Å². The fourth-order valence-corrected chi connectivity index (χ4v) is 2.79. The van der Waals surface area contributed by atoms with Crippen molar-refractivity contribution in [3.05, 3.63) is 97.1 Å². The zero-order chi connectivity index (χ0) is 16.2. The summed E-state index contributed by atoms with van der Waals surface area (Å²) in [7, 11) is 0. The molecule has 2 nitrogen and oxygen atoms in total. The van der Waals surface area contributed by atoms with Gasteiger partial charge >= 0.3 is 0 Å². The SMILES string of the molecule is c1ccc(/N=N/c2ccc(-c3cccc4ccccc34)cc2)cc1. The van der Waals surface area contributed by atoms with Gasteiger partial charge in [0.1, 0.15) is 0 Å². The molecule has 0 saturated heterocycles. The van der Waals surface area contributed by atoms with Gasteiger partial charge in [0.2, 0.25) is 0 Å². The molecular weight excluding hydrogens is 292 g/mol. The van der Waals surface area contributed by atoms with Crippen molar-refractivity contribution in [2.75, 3.05) is 0 Å². The van der Waals surface area contributed by atoms with Crippen LogP contribution in [0.2, 0.25) is 0 Å². The third kappa shape index (κ3) is 2.95. The van der Waals surface area contributed by atoms with Gasteiger partial charge in [-0.25, -0.2) is 0 Å². The second-order valence-electron chi connectivity index (χ2n) is 5.61. The summed E-state index contributed by atoms with van der Waals surface area (Å²) in [6, 6.07) is 32.8. The lowest BCUT2D eigenvalue weighted by Crippen LogP contribution is -1.80. The fraction of sp³-hybridized carbons (Fsp3) is 0. The highest BCUT2D eigenvalue weighted by molar-refractivity contribution is 5.96. The molecule has 0 fully saturated rings. The van der Waals surface area contributed by atoms with Crippen LogP contribution in [0.1, 0.15) is 0 Å². The van der Waals surface area contributed by atoms with Gasteiger partial charge in [0.15, 0.2) is 0 Å². The maximum atomic E-state index is 4.30. The smallest absolute Gasteiger partial charge is 0.0857 e. The zero-order valence-corrected chi connectivity index (χ0v) is 13.1. The molecule has 0 aliphatic carbocycles. The molecule has 0 bridgehead atoms. The molecule has 0 unspecified atom stereocenters.